The zero-order valence-corrected chi connectivity index (χ0v) is 8.10. The summed E-state index contributed by atoms with van der Waals surface area (Å²) in [6.07, 6.45) is 3.26. The molecule has 0 unspecified atom stereocenters. The van der Waals surface area contributed by atoms with E-state index in [0.717, 1.165) is 24.9 Å². The highest BCUT2D eigenvalue weighted by atomic mass is 16.2. The first-order chi connectivity index (χ1) is 7.36. The predicted octanol–water partition coefficient (Wildman–Crippen LogP) is 0.444. The van der Waals surface area contributed by atoms with Crippen LogP contribution in [0.4, 0.5) is 0 Å². The smallest absolute Gasteiger partial charge is 0.244 e. The Balaban J connectivity index is 2.26. The average Bonchev–Trinajstić information content (AvgIpc) is 2.85. The molecule has 0 saturated heterocycles. The number of fused-ring (bicyclic) bond motifs is 1. The zero-order chi connectivity index (χ0) is 10.3. The summed E-state index contributed by atoms with van der Waals surface area (Å²) in [7, 11) is 0. The summed E-state index contributed by atoms with van der Waals surface area (Å²) < 4.78 is 1.32. The summed E-state index contributed by atoms with van der Waals surface area (Å²) >= 11 is 0. The molecule has 0 spiro atoms. The lowest BCUT2D eigenvalue weighted by Crippen LogP contribution is -2.17. The van der Waals surface area contributed by atoms with Crippen LogP contribution in [0.1, 0.15) is 17.5 Å². The van der Waals surface area contributed by atoms with Crippen molar-refractivity contribution in [3.05, 3.63) is 39.8 Å². The number of nitrogens with zero attached hydrogens (tertiary/aromatic N) is 3. The van der Waals surface area contributed by atoms with Gasteiger partial charge in [-0.05, 0) is 46.9 Å². The topological polar surface area (TPSA) is 63.6 Å². The maximum absolute atomic E-state index is 11.4. The van der Waals surface area contributed by atoms with Gasteiger partial charge in [-0.15, -0.1) is 0 Å². The van der Waals surface area contributed by atoms with Gasteiger partial charge in [-0.3, -0.25) is 0 Å². The molecule has 0 radical (unpaired) electrons. The van der Waals surface area contributed by atoms with E-state index in [2.05, 4.69) is 21.6 Å². The summed E-state index contributed by atoms with van der Waals surface area (Å²) in [4.78, 5) is 11.4. The standard InChI is InChI=1S/C10H10N4O/c15-10-11-12-13-14(10)9-6-2-4-7-3-1-5-8(7)9/h2,4,6H,1,3,5H2,(H,11,13,15). The molecule has 2 aromatic rings. The van der Waals surface area contributed by atoms with Crippen molar-refractivity contribution in [3.8, 4) is 5.69 Å². The third-order valence-electron chi connectivity index (χ3n) is 2.82. The Morgan fingerprint density at radius 2 is 2.27 bits per heavy atom. The lowest BCUT2D eigenvalue weighted by Gasteiger charge is -2.05. The number of benzene rings is 1. The third-order valence-corrected chi connectivity index (χ3v) is 2.82. The molecule has 0 aliphatic heterocycles. The predicted molar refractivity (Wildman–Crippen MR) is 54.0 cm³/mol. The second-order valence-corrected chi connectivity index (χ2v) is 3.69. The molecule has 1 heterocycles. The molecular formula is C10H10N4O. The van der Waals surface area contributed by atoms with E-state index in [4.69, 9.17) is 0 Å². The lowest BCUT2D eigenvalue weighted by atomic mass is 10.1. The zero-order valence-electron chi connectivity index (χ0n) is 8.10. The fourth-order valence-electron chi connectivity index (χ4n) is 2.15. The van der Waals surface area contributed by atoms with Crippen LogP contribution in [0.2, 0.25) is 0 Å². The fraction of sp³-hybridized carbons (Fsp3) is 0.300. The lowest BCUT2D eigenvalue weighted by molar-refractivity contribution is 0.771. The molecular weight excluding hydrogens is 192 g/mol. The number of tetrazole rings is 1. The van der Waals surface area contributed by atoms with Gasteiger partial charge in [0, 0.05) is 0 Å². The number of nitrogens with one attached hydrogen (secondary N) is 1. The first kappa shape index (κ1) is 8.40. The minimum Gasteiger partial charge on any atom is -0.244 e. The van der Waals surface area contributed by atoms with Crippen LogP contribution in [-0.4, -0.2) is 20.2 Å². The molecule has 0 amide bonds. The van der Waals surface area contributed by atoms with Crippen LogP contribution in [0, 0.1) is 0 Å². The van der Waals surface area contributed by atoms with Gasteiger partial charge in [0.2, 0.25) is 0 Å². The Labute approximate surface area is 85.7 Å². The molecule has 1 aromatic carbocycles. The van der Waals surface area contributed by atoms with Gasteiger partial charge >= 0.3 is 5.69 Å². The van der Waals surface area contributed by atoms with Gasteiger partial charge in [0.05, 0.1) is 5.69 Å². The average molecular weight is 202 g/mol. The van der Waals surface area contributed by atoms with Crippen molar-refractivity contribution < 1.29 is 0 Å². The van der Waals surface area contributed by atoms with E-state index in [1.807, 2.05) is 12.1 Å². The maximum atomic E-state index is 11.4. The maximum Gasteiger partial charge on any atom is 0.365 e. The second-order valence-electron chi connectivity index (χ2n) is 3.69. The molecule has 0 saturated carbocycles. The highest BCUT2D eigenvalue weighted by Gasteiger charge is 2.16. The molecule has 0 atom stereocenters. The van der Waals surface area contributed by atoms with Gasteiger partial charge in [-0.25, -0.2) is 9.89 Å². The van der Waals surface area contributed by atoms with Gasteiger partial charge in [-0.1, -0.05) is 12.1 Å². The second kappa shape index (κ2) is 3.05. The van der Waals surface area contributed by atoms with Gasteiger partial charge in [0.1, 0.15) is 0 Å². The summed E-state index contributed by atoms with van der Waals surface area (Å²) in [6.45, 7) is 0. The molecule has 0 fully saturated rings. The number of aromatic nitrogens is 4. The molecule has 15 heavy (non-hydrogen) atoms. The fourth-order valence-corrected chi connectivity index (χ4v) is 2.15. The van der Waals surface area contributed by atoms with Crippen LogP contribution in [0.5, 0.6) is 0 Å². The van der Waals surface area contributed by atoms with Crippen molar-refractivity contribution in [2.45, 2.75) is 19.3 Å². The Bertz CT molecular complexity index is 555. The van der Waals surface area contributed by atoms with Gasteiger partial charge in [-0.2, -0.15) is 4.68 Å². The summed E-state index contributed by atoms with van der Waals surface area (Å²) in [5, 5.41) is 9.57. The molecule has 1 N–H and O–H groups in total. The highest BCUT2D eigenvalue weighted by Crippen LogP contribution is 2.26. The summed E-state index contributed by atoms with van der Waals surface area (Å²) in [5.74, 6) is 0. The van der Waals surface area contributed by atoms with Crippen LogP contribution in [-0.2, 0) is 12.8 Å². The molecule has 5 heteroatoms. The van der Waals surface area contributed by atoms with E-state index in [-0.39, 0.29) is 5.69 Å². The van der Waals surface area contributed by atoms with Crippen molar-refractivity contribution in [1.82, 2.24) is 20.2 Å². The van der Waals surface area contributed by atoms with Crippen molar-refractivity contribution in [2.24, 2.45) is 0 Å². The molecule has 1 aromatic heterocycles. The van der Waals surface area contributed by atoms with Crippen LogP contribution >= 0.6 is 0 Å². The Kier molecular flexibility index (Phi) is 1.71. The quantitative estimate of drug-likeness (QED) is 0.730. The normalized spacial score (nSPS) is 14.1. The van der Waals surface area contributed by atoms with Crippen LogP contribution in [0.25, 0.3) is 5.69 Å². The first-order valence-corrected chi connectivity index (χ1v) is 4.98. The van der Waals surface area contributed by atoms with E-state index < -0.39 is 0 Å². The third kappa shape index (κ3) is 1.20. The van der Waals surface area contributed by atoms with Crippen LogP contribution in [0.3, 0.4) is 0 Å². The van der Waals surface area contributed by atoms with Crippen molar-refractivity contribution >= 4 is 0 Å². The van der Waals surface area contributed by atoms with Crippen LogP contribution in [0.15, 0.2) is 23.0 Å². The minimum absolute atomic E-state index is 0.282. The molecule has 3 rings (SSSR count). The number of aromatic amines is 1. The number of rotatable bonds is 1. The summed E-state index contributed by atoms with van der Waals surface area (Å²) in [5.41, 5.74) is 3.13. The Morgan fingerprint density at radius 3 is 3.07 bits per heavy atom. The molecule has 0 bridgehead atoms. The SMILES string of the molecule is O=c1[nH]nnn1-c1cccc2c1CCC2. The first-order valence-electron chi connectivity index (χ1n) is 4.98. The van der Waals surface area contributed by atoms with E-state index in [1.54, 1.807) is 0 Å². The minimum atomic E-state index is -0.282. The number of hydrogen-bond donors (Lipinski definition) is 1. The largest absolute Gasteiger partial charge is 0.365 e. The van der Waals surface area contributed by atoms with Crippen molar-refractivity contribution in [2.75, 3.05) is 0 Å². The van der Waals surface area contributed by atoms with Crippen LogP contribution < -0.4 is 5.69 Å². The Morgan fingerprint density at radius 1 is 1.33 bits per heavy atom. The number of aryl methyl sites for hydroxylation is 1. The Hall–Kier alpha value is -1.91. The highest BCUT2D eigenvalue weighted by molar-refractivity contribution is 5.47. The van der Waals surface area contributed by atoms with Crippen molar-refractivity contribution in [3.63, 3.8) is 0 Å². The van der Waals surface area contributed by atoms with Gasteiger partial charge < -0.3 is 0 Å². The van der Waals surface area contributed by atoms with Gasteiger partial charge in [0.15, 0.2) is 0 Å². The molecule has 76 valence electrons. The summed E-state index contributed by atoms with van der Waals surface area (Å²) in [6, 6.07) is 5.98. The van der Waals surface area contributed by atoms with E-state index in [1.165, 1.54) is 15.8 Å². The number of H-pyrrole nitrogens is 1. The number of hydrogen-bond acceptors (Lipinski definition) is 3. The van der Waals surface area contributed by atoms with E-state index in [9.17, 15) is 4.79 Å². The molecule has 1 aliphatic carbocycles. The molecule has 5 nitrogen and oxygen atoms in total. The monoisotopic (exact) mass is 202 g/mol. The molecule has 1 aliphatic rings. The van der Waals surface area contributed by atoms with Crippen molar-refractivity contribution in [1.29, 1.82) is 0 Å². The van der Waals surface area contributed by atoms with Gasteiger partial charge in [0.25, 0.3) is 0 Å². The van der Waals surface area contributed by atoms with E-state index >= 15 is 0 Å². The van der Waals surface area contributed by atoms with E-state index in [0.29, 0.717) is 0 Å².